The minimum absolute atomic E-state index is 0.0298. The molecule has 0 amide bonds. The third kappa shape index (κ3) is 3.68. The van der Waals surface area contributed by atoms with E-state index in [-0.39, 0.29) is 28.6 Å². The summed E-state index contributed by atoms with van der Waals surface area (Å²) in [5, 5.41) is 0.110. The Hall–Kier alpha value is -1.18. The summed E-state index contributed by atoms with van der Waals surface area (Å²) in [4.78, 5) is 16.1. The van der Waals surface area contributed by atoms with Gasteiger partial charge in [0.15, 0.2) is 8.32 Å². The first kappa shape index (κ1) is 20.1. The van der Waals surface area contributed by atoms with E-state index < -0.39 is 20.1 Å². The summed E-state index contributed by atoms with van der Waals surface area (Å²) in [6, 6.07) is 1.63. The van der Waals surface area contributed by atoms with Crippen LogP contribution >= 0.6 is 0 Å². The molecule has 2 N–H and O–H groups in total. The zero-order chi connectivity index (χ0) is 19.2. The quantitative estimate of drug-likeness (QED) is 0.823. The van der Waals surface area contributed by atoms with Gasteiger partial charge in [-0.1, -0.05) is 34.6 Å². The third-order valence-corrected chi connectivity index (χ3v) is 10.4. The van der Waals surface area contributed by atoms with Crippen LogP contribution in [0.2, 0.25) is 18.1 Å². The fourth-order valence-electron chi connectivity index (χ4n) is 3.10. The van der Waals surface area contributed by atoms with Crippen LogP contribution in [0.1, 0.15) is 54.2 Å². The van der Waals surface area contributed by atoms with Crippen LogP contribution in [0.15, 0.2) is 17.1 Å². The summed E-state index contributed by atoms with van der Waals surface area (Å²) in [7, 11) is -1.97. The van der Waals surface area contributed by atoms with Gasteiger partial charge in [-0.15, -0.1) is 0 Å². The van der Waals surface area contributed by atoms with Gasteiger partial charge >= 0.3 is 5.69 Å². The molecule has 0 aliphatic carbocycles. The lowest BCUT2D eigenvalue weighted by atomic mass is 9.90. The first-order valence-electron chi connectivity index (χ1n) is 9.03. The van der Waals surface area contributed by atoms with Crippen molar-refractivity contribution in [3.8, 4) is 0 Å². The molecule has 0 saturated carbocycles. The molecule has 2 rings (SSSR count). The maximum Gasteiger partial charge on any atom is 0.351 e. The van der Waals surface area contributed by atoms with Crippen LogP contribution in [0.5, 0.6) is 0 Å². The topological polar surface area (TPSA) is 79.4 Å². The normalized spacial score (nSPS) is 30.6. The largest absolute Gasteiger partial charge is 0.411 e. The minimum atomic E-state index is -1.97. The molecule has 1 fully saturated rings. The lowest BCUT2D eigenvalue weighted by molar-refractivity contribution is -0.0915. The standard InChI is InChI=1S/C18H33N3O3Si/c1-9-18(6)14(24-25(7,8)17(3,4)5)12(2)15(23-18)21-11-10-13(19)20-16(21)22/h10-12,14-15H,9H2,1-8H3,(H2,19,20,22)/t12-,14-,15+,18+/m0/s1. The van der Waals surface area contributed by atoms with Crippen LogP contribution in [0.3, 0.4) is 0 Å². The molecule has 1 aromatic heterocycles. The van der Waals surface area contributed by atoms with E-state index in [0.29, 0.717) is 0 Å². The molecule has 7 heteroatoms. The van der Waals surface area contributed by atoms with Gasteiger partial charge in [0.25, 0.3) is 0 Å². The Morgan fingerprint density at radius 1 is 1.44 bits per heavy atom. The van der Waals surface area contributed by atoms with Crippen LogP contribution in [-0.2, 0) is 9.16 Å². The maximum atomic E-state index is 12.3. The predicted molar refractivity (Wildman–Crippen MR) is 103 cm³/mol. The highest BCUT2D eigenvalue weighted by molar-refractivity contribution is 6.74. The highest BCUT2D eigenvalue weighted by atomic mass is 28.4. The summed E-state index contributed by atoms with van der Waals surface area (Å²) in [5.41, 5.74) is 4.78. The van der Waals surface area contributed by atoms with Crippen molar-refractivity contribution >= 4 is 14.1 Å². The van der Waals surface area contributed by atoms with Crippen LogP contribution < -0.4 is 11.4 Å². The molecule has 0 spiro atoms. The van der Waals surface area contributed by atoms with Crippen molar-refractivity contribution < 1.29 is 9.16 Å². The molecular formula is C18H33N3O3Si. The van der Waals surface area contributed by atoms with Crippen molar-refractivity contribution in [3.05, 3.63) is 22.7 Å². The van der Waals surface area contributed by atoms with Crippen molar-refractivity contribution in [2.24, 2.45) is 5.92 Å². The Labute approximate surface area is 151 Å². The monoisotopic (exact) mass is 367 g/mol. The van der Waals surface area contributed by atoms with Crippen LogP contribution in [-0.4, -0.2) is 29.6 Å². The van der Waals surface area contributed by atoms with Gasteiger partial charge in [-0.2, -0.15) is 4.98 Å². The summed E-state index contributed by atoms with van der Waals surface area (Å²) < 4.78 is 14.7. The number of hydrogen-bond acceptors (Lipinski definition) is 5. The summed E-state index contributed by atoms with van der Waals surface area (Å²) >= 11 is 0. The van der Waals surface area contributed by atoms with Gasteiger partial charge in [0.05, 0.1) is 11.7 Å². The smallest absolute Gasteiger partial charge is 0.351 e. The van der Waals surface area contributed by atoms with Crippen molar-refractivity contribution in [3.63, 3.8) is 0 Å². The number of rotatable bonds is 4. The Morgan fingerprint density at radius 2 is 2.04 bits per heavy atom. The average molecular weight is 368 g/mol. The predicted octanol–water partition coefficient (Wildman–Crippen LogP) is 3.55. The molecule has 0 unspecified atom stereocenters. The van der Waals surface area contributed by atoms with E-state index in [4.69, 9.17) is 14.9 Å². The number of anilines is 1. The van der Waals surface area contributed by atoms with E-state index in [0.717, 1.165) is 6.42 Å². The fourth-order valence-corrected chi connectivity index (χ4v) is 4.55. The number of nitrogens with zero attached hydrogens (tertiary/aromatic N) is 2. The highest BCUT2D eigenvalue weighted by Gasteiger charge is 2.54. The van der Waals surface area contributed by atoms with Crippen LogP contribution in [0, 0.1) is 5.92 Å². The van der Waals surface area contributed by atoms with Gasteiger partial charge in [-0.3, -0.25) is 4.57 Å². The summed E-state index contributed by atoms with van der Waals surface area (Å²) in [5.74, 6) is 0.251. The second-order valence-electron chi connectivity index (χ2n) is 8.87. The first-order valence-corrected chi connectivity index (χ1v) is 11.9. The summed E-state index contributed by atoms with van der Waals surface area (Å²) in [6.07, 6.45) is 1.99. The number of hydrogen-bond donors (Lipinski definition) is 1. The molecule has 0 radical (unpaired) electrons. The summed E-state index contributed by atoms with van der Waals surface area (Å²) in [6.45, 7) is 17.5. The number of ether oxygens (including phenoxy) is 1. The van der Waals surface area contributed by atoms with E-state index in [9.17, 15) is 4.79 Å². The SMILES string of the molecule is CC[C@@]1(C)O[C@@H](n2ccc(N)nc2=O)[C@@H](C)[C@@H]1O[Si](C)(C)C(C)(C)C. The van der Waals surface area contributed by atoms with Crippen molar-refractivity contribution in [1.29, 1.82) is 0 Å². The molecule has 1 aromatic rings. The molecule has 2 heterocycles. The van der Waals surface area contributed by atoms with Crippen molar-refractivity contribution in [2.75, 3.05) is 5.73 Å². The number of nitrogens with two attached hydrogens (primary N) is 1. The molecule has 1 saturated heterocycles. The van der Waals surface area contributed by atoms with E-state index in [1.165, 1.54) is 4.57 Å². The van der Waals surface area contributed by atoms with Gasteiger partial charge < -0.3 is 14.9 Å². The highest BCUT2D eigenvalue weighted by Crippen LogP contribution is 2.48. The molecule has 0 bridgehead atoms. The molecule has 4 atom stereocenters. The van der Waals surface area contributed by atoms with Crippen LogP contribution in [0.25, 0.3) is 0 Å². The molecule has 25 heavy (non-hydrogen) atoms. The molecule has 0 aromatic carbocycles. The Morgan fingerprint density at radius 3 is 2.52 bits per heavy atom. The molecular weight excluding hydrogens is 334 g/mol. The number of nitrogen functional groups attached to an aromatic ring is 1. The lowest BCUT2D eigenvalue weighted by Crippen LogP contribution is -2.50. The molecule has 1 aliphatic heterocycles. The van der Waals surface area contributed by atoms with Crippen LogP contribution in [0.4, 0.5) is 5.82 Å². The minimum Gasteiger partial charge on any atom is -0.411 e. The Balaban J connectivity index is 2.39. The maximum absolute atomic E-state index is 12.3. The second kappa shape index (κ2) is 6.52. The Kier molecular flexibility index (Phi) is 5.25. The van der Waals surface area contributed by atoms with Crippen molar-refractivity contribution in [1.82, 2.24) is 9.55 Å². The van der Waals surface area contributed by atoms with Crippen molar-refractivity contribution in [2.45, 2.75) is 84.0 Å². The zero-order valence-electron chi connectivity index (χ0n) is 16.8. The van der Waals surface area contributed by atoms with E-state index in [2.05, 4.69) is 59.6 Å². The van der Waals surface area contributed by atoms with Gasteiger partial charge in [-0.25, -0.2) is 4.79 Å². The Bertz CT molecular complexity index is 683. The van der Waals surface area contributed by atoms with Gasteiger partial charge in [0.2, 0.25) is 0 Å². The lowest BCUT2D eigenvalue weighted by Gasteiger charge is -2.42. The molecule has 6 nitrogen and oxygen atoms in total. The average Bonchev–Trinajstić information content (AvgIpc) is 2.71. The third-order valence-electron chi connectivity index (χ3n) is 5.97. The first-order chi connectivity index (χ1) is 11.3. The fraction of sp³-hybridized carbons (Fsp3) is 0.778. The second-order valence-corrected chi connectivity index (χ2v) is 13.6. The van der Waals surface area contributed by atoms with Gasteiger partial charge in [0, 0.05) is 12.1 Å². The van der Waals surface area contributed by atoms with E-state index in [1.54, 1.807) is 12.3 Å². The number of aromatic nitrogens is 2. The van der Waals surface area contributed by atoms with Gasteiger partial charge in [-0.05, 0) is 37.5 Å². The zero-order valence-corrected chi connectivity index (χ0v) is 17.8. The van der Waals surface area contributed by atoms with E-state index in [1.807, 2.05) is 0 Å². The van der Waals surface area contributed by atoms with E-state index >= 15 is 0 Å². The molecule has 1 aliphatic rings. The van der Waals surface area contributed by atoms with Gasteiger partial charge in [0.1, 0.15) is 12.0 Å². The molecule has 142 valence electrons.